The van der Waals surface area contributed by atoms with Gasteiger partial charge in [-0.05, 0) is 24.8 Å². The van der Waals surface area contributed by atoms with Crippen LogP contribution >= 0.6 is 11.3 Å². The van der Waals surface area contributed by atoms with E-state index in [0.29, 0.717) is 37.9 Å². The van der Waals surface area contributed by atoms with Crippen molar-refractivity contribution in [1.29, 1.82) is 0 Å². The van der Waals surface area contributed by atoms with E-state index in [-0.39, 0.29) is 20.7 Å². The molecule has 0 radical (unpaired) electrons. The Balaban J connectivity index is 1.67. The highest BCUT2D eigenvalue weighted by Gasteiger charge is 2.34. The van der Waals surface area contributed by atoms with Gasteiger partial charge in [-0.15, -0.1) is 0 Å². The summed E-state index contributed by atoms with van der Waals surface area (Å²) in [6.07, 6.45) is 2.30. The molecule has 0 saturated carbocycles. The molecule has 1 saturated heterocycles. The minimum absolute atomic E-state index is 0.0317. The van der Waals surface area contributed by atoms with E-state index in [1.165, 1.54) is 0 Å². The molecule has 1 aromatic carbocycles. The Hall–Kier alpha value is -2.68. The number of aromatic nitrogens is 3. The smallest absolute Gasteiger partial charge is 0.302 e. The fourth-order valence-electron chi connectivity index (χ4n) is 3.69. The van der Waals surface area contributed by atoms with Crippen LogP contribution in [0.1, 0.15) is 41.7 Å². The molecule has 9 heteroatoms. The van der Waals surface area contributed by atoms with Crippen molar-refractivity contribution in [2.45, 2.75) is 44.6 Å². The third-order valence-corrected chi connectivity index (χ3v) is 6.17. The van der Waals surface area contributed by atoms with Crippen molar-refractivity contribution in [3.63, 3.8) is 0 Å². The summed E-state index contributed by atoms with van der Waals surface area (Å²) >= 11 is 0.915. The summed E-state index contributed by atoms with van der Waals surface area (Å²) in [5.74, 6) is -4.74. The molecule has 0 spiro atoms. The van der Waals surface area contributed by atoms with E-state index in [9.17, 15) is 18.4 Å². The van der Waals surface area contributed by atoms with Gasteiger partial charge in [0.15, 0.2) is 27.1 Å². The molecule has 1 atom stereocenters. The van der Waals surface area contributed by atoms with E-state index < -0.39 is 30.3 Å². The average molecular weight is 436 g/mol. The molecule has 3 heterocycles. The van der Waals surface area contributed by atoms with E-state index in [1.54, 1.807) is 4.90 Å². The zero-order valence-corrected chi connectivity index (χ0v) is 17.1. The van der Waals surface area contributed by atoms with Crippen LogP contribution in [-0.4, -0.2) is 32.9 Å². The van der Waals surface area contributed by atoms with Crippen molar-refractivity contribution in [1.82, 2.24) is 14.5 Å². The Bertz CT molecular complexity index is 1240. The maximum atomic E-state index is 14.1. The van der Waals surface area contributed by atoms with Crippen molar-refractivity contribution < 1.29 is 17.7 Å². The Labute approximate surface area is 180 Å². The predicted molar refractivity (Wildman–Crippen MR) is 112 cm³/mol. The molecule has 4 rings (SSSR count). The van der Waals surface area contributed by atoms with Crippen LogP contribution in [0.5, 0.6) is 0 Å². The van der Waals surface area contributed by atoms with Crippen LogP contribution in [0.4, 0.5) is 13.9 Å². The maximum absolute atomic E-state index is 14.1. The molecule has 0 N–H and O–H groups in total. The number of carbonyl (C=O) groups excluding carboxylic acids is 1. The molecule has 30 heavy (non-hydrogen) atoms. The van der Waals surface area contributed by atoms with Gasteiger partial charge in [-0.25, -0.2) is 9.97 Å². The van der Waals surface area contributed by atoms with Gasteiger partial charge in [0.2, 0.25) is 0 Å². The number of benzene rings is 1. The SMILES string of the molecule is [2H]C([2H])([2H])n1c(C(C)(F)F)nc2sc(N3CCC[C@@H]3C(=O)CCc3ccccc3)nc2c1=O. The molecule has 158 valence electrons. The number of rotatable bonds is 6. The lowest BCUT2D eigenvalue weighted by Crippen LogP contribution is -2.36. The minimum atomic E-state index is -3.64. The molecule has 0 bridgehead atoms. The van der Waals surface area contributed by atoms with E-state index in [2.05, 4.69) is 9.97 Å². The van der Waals surface area contributed by atoms with Crippen molar-refractivity contribution in [3.8, 4) is 0 Å². The third kappa shape index (κ3) is 3.86. The largest absolute Gasteiger partial charge is 0.338 e. The van der Waals surface area contributed by atoms with E-state index in [0.717, 1.165) is 23.3 Å². The van der Waals surface area contributed by atoms with Crippen LogP contribution in [0.25, 0.3) is 10.3 Å². The first kappa shape index (κ1) is 17.0. The van der Waals surface area contributed by atoms with Crippen molar-refractivity contribution in [2.24, 2.45) is 6.98 Å². The van der Waals surface area contributed by atoms with Gasteiger partial charge in [0, 0.05) is 31.0 Å². The zero-order valence-electron chi connectivity index (χ0n) is 19.3. The fourth-order valence-corrected chi connectivity index (χ4v) is 4.70. The van der Waals surface area contributed by atoms with Crippen molar-refractivity contribution in [2.75, 3.05) is 11.4 Å². The van der Waals surface area contributed by atoms with Gasteiger partial charge in [-0.2, -0.15) is 8.78 Å². The Morgan fingerprint density at radius 3 is 2.80 bits per heavy atom. The topological polar surface area (TPSA) is 68.1 Å². The molecule has 1 aliphatic heterocycles. The second-order valence-electron chi connectivity index (χ2n) is 7.42. The summed E-state index contributed by atoms with van der Waals surface area (Å²) in [4.78, 5) is 35.5. The number of nitrogens with zero attached hydrogens (tertiary/aromatic N) is 4. The van der Waals surface area contributed by atoms with Crippen LogP contribution in [0.15, 0.2) is 35.1 Å². The van der Waals surface area contributed by atoms with E-state index >= 15 is 0 Å². The number of ketones is 1. The first-order chi connectivity index (χ1) is 15.5. The normalized spacial score (nSPS) is 19.0. The van der Waals surface area contributed by atoms with Crippen molar-refractivity contribution in [3.05, 3.63) is 52.1 Å². The molecule has 2 aromatic heterocycles. The maximum Gasteiger partial charge on any atom is 0.302 e. The lowest BCUT2D eigenvalue weighted by atomic mass is 10.0. The van der Waals surface area contributed by atoms with Crippen LogP contribution in [0.3, 0.4) is 0 Å². The highest BCUT2D eigenvalue weighted by molar-refractivity contribution is 7.21. The summed E-state index contributed by atoms with van der Waals surface area (Å²) in [6.45, 7) is -2.13. The van der Waals surface area contributed by atoms with Crippen molar-refractivity contribution >= 4 is 32.6 Å². The molecular formula is C21H22F2N4O2S. The number of hydrogen-bond donors (Lipinski definition) is 0. The standard InChI is InChI=1S/C21H22F2N4O2S/c1-21(22,23)19-25-17-16(18(29)26(19)2)24-20(30-17)27-12-6-9-14(27)15(28)11-10-13-7-4-3-5-8-13/h3-5,7-8,14H,6,9-12H2,1-2H3/t14-/m1/s1/i2D3. The molecular weight excluding hydrogens is 410 g/mol. The lowest BCUT2D eigenvalue weighted by Gasteiger charge is -2.22. The van der Waals surface area contributed by atoms with Crippen LogP contribution in [0.2, 0.25) is 0 Å². The van der Waals surface area contributed by atoms with Gasteiger partial charge in [0.05, 0.1) is 6.04 Å². The number of halogens is 2. The average Bonchev–Trinajstić information content (AvgIpc) is 3.38. The van der Waals surface area contributed by atoms with Gasteiger partial charge < -0.3 is 4.90 Å². The second kappa shape index (κ2) is 7.86. The molecule has 0 aliphatic carbocycles. The Kier molecular flexibility index (Phi) is 4.47. The number of hydrogen-bond acceptors (Lipinski definition) is 6. The predicted octanol–water partition coefficient (Wildman–Crippen LogP) is 3.67. The summed E-state index contributed by atoms with van der Waals surface area (Å²) in [7, 11) is 0. The number of anilines is 1. The van der Waals surface area contributed by atoms with Gasteiger partial charge in [0.1, 0.15) is 0 Å². The summed E-state index contributed by atoms with van der Waals surface area (Å²) in [5.41, 5.74) is -0.385. The Morgan fingerprint density at radius 2 is 2.10 bits per heavy atom. The quantitative estimate of drug-likeness (QED) is 0.591. The summed E-state index contributed by atoms with van der Waals surface area (Å²) < 4.78 is 50.9. The number of carbonyl (C=O) groups is 1. The number of fused-ring (bicyclic) bond motifs is 1. The molecule has 0 amide bonds. The second-order valence-corrected chi connectivity index (χ2v) is 8.37. The van der Waals surface area contributed by atoms with E-state index in [1.807, 2.05) is 30.3 Å². The Morgan fingerprint density at radius 1 is 1.33 bits per heavy atom. The third-order valence-electron chi connectivity index (χ3n) is 5.19. The summed E-state index contributed by atoms with van der Waals surface area (Å²) in [6, 6.07) is 9.20. The van der Waals surface area contributed by atoms with E-state index in [4.69, 9.17) is 4.11 Å². The highest BCUT2D eigenvalue weighted by atomic mass is 32.1. The summed E-state index contributed by atoms with van der Waals surface area (Å²) in [5, 5.41) is 0.304. The lowest BCUT2D eigenvalue weighted by molar-refractivity contribution is -0.120. The highest BCUT2D eigenvalue weighted by Crippen LogP contribution is 2.34. The van der Waals surface area contributed by atoms with Crippen LogP contribution in [-0.2, 0) is 24.1 Å². The van der Waals surface area contributed by atoms with Gasteiger partial charge >= 0.3 is 5.92 Å². The number of Topliss-reactive ketones (excluding diaryl/α,β-unsaturated/α-hetero) is 1. The molecule has 1 aliphatic rings. The van der Waals surface area contributed by atoms with Gasteiger partial charge in [-0.1, -0.05) is 41.7 Å². The molecule has 3 aromatic rings. The molecule has 1 fully saturated rings. The first-order valence-corrected chi connectivity index (χ1v) is 10.4. The van der Waals surface area contributed by atoms with Crippen LogP contribution in [0, 0.1) is 0 Å². The minimum Gasteiger partial charge on any atom is -0.338 e. The number of alkyl halides is 2. The fraction of sp³-hybridized carbons (Fsp3) is 0.429. The molecule has 6 nitrogen and oxygen atoms in total. The van der Waals surface area contributed by atoms with Gasteiger partial charge in [-0.3, -0.25) is 14.2 Å². The van der Waals surface area contributed by atoms with Gasteiger partial charge in [0.25, 0.3) is 5.56 Å². The number of aryl methyl sites for hydroxylation is 1. The van der Waals surface area contributed by atoms with Crippen LogP contribution < -0.4 is 10.5 Å². The monoisotopic (exact) mass is 435 g/mol. The first-order valence-electron chi connectivity index (χ1n) is 11.1. The number of thiazole rings is 1. The zero-order chi connectivity index (χ0) is 24.0. The molecule has 0 unspecified atom stereocenters.